The fraction of sp³-hybridized carbons (Fsp3) is 0.190. The van der Waals surface area contributed by atoms with Crippen molar-refractivity contribution < 1.29 is 4.79 Å². The molecule has 0 saturated heterocycles. The number of carbonyl (C=O) groups excluding carboxylic acids is 1. The van der Waals surface area contributed by atoms with Crippen LogP contribution < -0.4 is 10.2 Å². The van der Waals surface area contributed by atoms with Crippen LogP contribution >= 0.6 is 0 Å². The first kappa shape index (κ1) is 14.8. The minimum Gasteiger partial charge on any atom is -0.370 e. The van der Waals surface area contributed by atoms with Gasteiger partial charge in [0.05, 0.1) is 17.9 Å². The van der Waals surface area contributed by atoms with Crippen LogP contribution in [-0.2, 0) is 11.3 Å². The van der Waals surface area contributed by atoms with Crippen molar-refractivity contribution in [1.29, 1.82) is 0 Å². The molecule has 1 aliphatic rings. The normalized spacial score (nSPS) is 15.9. The molecule has 0 fully saturated rings. The Morgan fingerprint density at radius 3 is 2.50 bits per heavy atom. The second kappa shape index (κ2) is 5.38. The number of para-hydroxylation sites is 2. The van der Waals surface area contributed by atoms with Gasteiger partial charge in [0, 0.05) is 0 Å². The van der Waals surface area contributed by atoms with Crippen LogP contribution in [0.5, 0.6) is 0 Å². The molecular weight excluding hydrogens is 296 g/mol. The fourth-order valence-electron chi connectivity index (χ4n) is 3.41. The number of hydrogen-bond acceptors (Lipinski definition) is 2. The van der Waals surface area contributed by atoms with Crippen molar-refractivity contribution in [3.8, 4) is 0 Å². The van der Waals surface area contributed by atoms with Gasteiger partial charge < -0.3 is 10.2 Å². The van der Waals surface area contributed by atoms with Gasteiger partial charge in [-0.2, -0.15) is 0 Å². The largest absolute Gasteiger partial charge is 0.370 e. The molecule has 24 heavy (non-hydrogen) atoms. The summed E-state index contributed by atoms with van der Waals surface area (Å²) >= 11 is 0. The summed E-state index contributed by atoms with van der Waals surface area (Å²) in [7, 11) is 0. The first-order valence-corrected chi connectivity index (χ1v) is 8.22. The number of benzene rings is 3. The van der Waals surface area contributed by atoms with E-state index in [1.165, 1.54) is 10.8 Å². The molecule has 1 N–H and O–H groups in total. The lowest BCUT2D eigenvalue weighted by Crippen LogP contribution is -2.53. The van der Waals surface area contributed by atoms with Gasteiger partial charge in [0.25, 0.3) is 5.91 Å². The molecule has 0 bridgehead atoms. The second-order valence-electron chi connectivity index (χ2n) is 6.80. The summed E-state index contributed by atoms with van der Waals surface area (Å²) in [5.74, 6) is 0.0918. The Kier molecular flexibility index (Phi) is 3.31. The molecule has 0 saturated carbocycles. The van der Waals surface area contributed by atoms with Crippen LogP contribution in [0.4, 0.5) is 11.4 Å². The quantitative estimate of drug-likeness (QED) is 0.750. The highest BCUT2D eigenvalue weighted by molar-refractivity contribution is 6.07. The topological polar surface area (TPSA) is 32.3 Å². The molecule has 3 nitrogen and oxygen atoms in total. The molecule has 0 radical (unpaired) electrons. The highest BCUT2D eigenvalue weighted by Gasteiger charge is 2.38. The van der Waals surface area contributed by atoms with Gasteiger partial charge in [-0.1, -0.05) is 54.6 Å². The van der Waals surface area contributed by atoms with E-state index in [0.29, 0.717) is 6.54 Å². The number of anilines is 2. The smallest absolute Gasteiger partial charge is 0.252 e. The molecule has 3 heteroatoms. The van der Waals surface area contributed by atoms with Crippen LogP contribution in [0.1, 0.15) is 19.4 Å². The molecule has 0 atom stereocenters. The first-order valence-electron chi connectivity index (χ1n) is 8.22. The average molecular weight is 316 g/mol. The fourth-order valence-corrected chi connectivity index (χ4v) is 3.41. The Hall–Kier alpha value is -2.81. The molecule has 1 heterocycles. The Morgan fingerprint density at radius 1 is 0.917 bits per heavy atom. The third-order valence-corrected chi connectivity index (χ3v) is 4.63. The van der Waals surface area contributed by atoms with Gasteiger partial charge in [0.15, 0.2) is 0 Å². The number of nitrogens with one attached hydrogen (secondary N) is 1. The summed E-state index contributed by atoms with van der Waals surface area (Å²) in [6.07, 6.45) is 0. The van der Waals surface area contributed by atoms with E-state index in [1.807, 2.05) is 55.1 Å². The van der Waals surface area contributed by atoms with E-state index >= 15 is 0 Å². The lowest BCUT2D eigenvalue weighted by molar-refractivity contribution is -0.122. The third kappa shape index (κ3) is 2.33. The van der Waals surface area contributed by atoms with Crippen molar-refractivity contribution in [3.63, 3.8) is 0 Å². The number of hydrogen-bond donors (Lipinski definition) is 1. The Bertz CT molecular complexity index is 925. The van der Waals surface area contributed by atoms with Crippen LogP contribution in [0.25, 0.3) is 10.8 Å². The van der Waals surface area contributed by atoms with Crippen molar-refractivity contribution in [3.05, 3.63) is 72.3 Å². The summed E-state index contributed by atoms with van der Waals surface area (Å²) in [5, 5.41) is 5.74. The molecule has 3 aromatic carbocycles. The molecule has 1 amide bonds. The van der Waals surface area contributed by atoms with Gasteiger partial charge >= 0.3 is 0 Å². The minimum atomic E-state index is -0.612. The van der Waals surface area contributed by atoms with Crippen molar-refractivity contribution in [1.82, 2.24) is 0 Å². The summed E-state index contributed by atoms with van der Waals surface area (Å²) in [4.78, 5) is 14.9. The van der Waals surface area contributed by atoms with Crippen LogP contribution in [0, 0.1) is 0 Å². The molecule has 1 aliphatic heterocycles. The van der Waals surface area contributed by atoms with Gasteiger partial charge in [-0.15, -0.1) is 0 Å². The minimum absolute atomic E-state index is 0.0918. The van der Waals surface area contributed by atoms with Crippen molar-refractivity contribution in [2.24, 2.45) is 0 Å². The summed E-state index contributed by atoms with van der Waals surface area (Å²) in [6.45, 7) is 4.44. The van der Waals surface area contributed by atoms with Crippen LogP contribution in [0.3, 0.4) is 0 Å². The summed E-state index contributed by atoms with van der Waals surface area (Å²) in [6, 6.07) is 22.6. The second-order valence-corrected chi connectivity index (χ2v) is 6.80. The van der Waals surface area contributed by atoms with Gasteiger partial charge in [0.1, 0.15) is 5.54 Å². The maximum absolute atomic E-state index is 13.0. The number of amides is 1. The molecule has 0 aliphatic carbocycles. The van der Waals surface area contributed by atoms with Gasteiger partial charge in [-0.3, -0.25) is 4.79 Å². The van der Waals surface area contributed by atoms with Gasteiger partial charge in [-0.05, 0) is 42.3 Å². The molecule has 0 aromatic heterocycles. The van der Waals surface area contributed by atoms with Gasteiger partial charge in [-0.25, -0.2) is 0 Å². The van der Waals surface area contributed by atoms with E-state index in [1.54, 1.807) is 0 Å². The maximum Gasteiger partial charge on any atom is 0.252 e. The van der Waals surface area contributed by atoms with Crippen LogP contribution in [-0.4, -0.2) is 11.4 Å². The van der Waals surface area contributed by atoms with E-state index < -0.39 is 5.54 Å². The lowest BCUT2D eigenvalue weighted by Gasteiger charge is -2.40. The van der Waals surface area contributed by atoms with Crippen LogP contribution in [0.2, 0.25) is 0 Å². The van der Waals surface area contributed by atoms with Crippen LogP contribution in [0.15, 0.2) is 66.7 Å². The number of carbonyl (C=O) groups is 1. The van der Waals surface area contributed by atoms with Crippen molar-refractivity contribution in [2.45, 2.75) is 25.9 Å². The van der Waals surface area contributed by atoms with Gasteiger partial charge in [0.2, 0.25) is 0 Å². The molecule has 4 rings (SSSR count). The molecule has 0 spiro atoms. The Balaban J connectivity index is 1.82. The van der Waals surface area contributed by atoms with Crippen molar-refractivity contribution >= 4 is 28.1 Å². The summed E-state index contributed by atoms with van der Waals surface area (Å²) in [5.41, 5.74) is 2.49. The Morgan fingerprint density at radius 2 is 1.62 bits per heavy atom. The molecule has 3 aromatic rings. The van der Waals surface area contributed by atoms with E-state index in [-0.39, 0.29) is 5.91 Å². The van der Waals surface area contributed by atoms with E-state index in [9.17, 15) is 4.79 Å². The standard InChI is InChI=1S/C21H20N2O/c1-21(2)20(24)23(19-13-6-5-12-18(19)22-21)14-16-10-7-9-15-8-3-4-11-17(15)16/h3-13,22H,14H2,1-2H3. The predicted molar refractivity (Wildman–Crippen MR) is 99.3 cm³/mol. The monoisotopic (exact) mass is 316 g/mol. The molecular formula is C21H20N2O. The highest BCUT2D eigenvalue weighted by Crippen LogP contribution is 2.36. The maximum atomic E-state index is 13.0. The lowest BCUT2D eigenvalue weighted by atomic mass is 9.96. The average Bonchev–Trinajstić information content (AvgIpc) is 2.59. The van der Waals surface area contributed by atoms with Crippen molar-refractivity contribution in [2.75, 3.05) is 10.2 Å². The zero-order chi connectivity index (χ0) is 16.7. The van der Waals surface area contributed by atoms with E-state index in [2.05, 4.69) is 35.6 Å². The molecule has 120 valence electrons. The zero-order valence-corrected chi connectivity index (χ0v) is 13.9. The SMILES string of the molecule is CC1(C)Nc2ccccc2N(Cc2cccc3ccccc23)C1=O. The first-order chi connectivity index (χ1) is 11.6. The Labute approximate surface area is 141 Å². The summed E-state index contributed by atoms with van der Waals surface area (Å²) < 4.78 is 0. The predicted octanol–water partition coefficient (Wildman–Crippen LogP) is 4.58. The number of rotatable bonds is 2. The number of fused-ring (bicyclic) bond motifs is 2. The number of nitrogens with zero attached hydrogens (tertiary/aromatic N) is 1. The zero-order valence-electron chi connectivity index (χ0n) is 13.9. The molecule has 0 unspecified atom stereocenters. The highest BCUT2D eigenvalue weighted by atomic mass is 16.2. The van der Waals surface area contributed by atoms with E-state index in [4.69, 9.17) is 0 Å². The van der Waals surface area contributed by atoms with E-state index in [0.717, 1.165) is 16.9 Å². The third-order valence-electron chi connectivity index (χ3n) is 4.63.